The first-order valence-electron chi connectivity index (χ1n) is 23.7. The zero-order chi connectivity index (χ0) is 48.4. The van der Waals surface area contributed by atoms with Crippen LogP contribution in [0.3, 0.4) is 0 Å². The Bertz CT molecular complexity index is 2550. The van der Waals surface area contributed by atoms with E-state index in [0.29, 0.717) is 63.4 Å². The van der Waals surface area contributed by atoms with E-state index < -0.39 is 29.3 Å². The summed E-state index contributed by atoms with van der Waals surface area (Å²) in [7, 11) is 0. The van der Waals surface area contributed by atoms with Crippen LogP contribution in [0.15, 0.2) is 63.5 Å². The van der Waals surface area contributed by atoms with Crippen LogP contribution in [0.2, 0.25) is 5.02 Å². The van der Waals surface area contributed by atoms with Crippen LogP contribution in [-0.2, 0) is 28.7 Å². The molecule has 7 rings (SSSR count). The molecule has 18 nitrogen and oxygen atoms in total. The Labute approximate surface area is 404 Å². The number of piperidine rings is 2. The SMILES string of the molecule is C[C@@H]1OCC2(CCN(c3cnc(Sc4cccc(C(CC(=O)NCCCCCCCCCCCC(=O)Nc5cccc6cnn(C7CCC(=O)NC7=O)c(=O)c56)C(N)=O)c4Cl)c(N)n3)CC2)[C@@H]1N. The molecule has 9 N–H and O–H groups in total. The van der Waals surface area contributed by atoms with Crippen molar-refractivity contribution >= 4 is 81.0 Å². The highest BCUT2D eigenvalue weighted by molar-refractivity contribution is 7.99. The number of anilines is 3. The van der Waals surface area contributed by atoms with Gasteiger partial charge in [-0.1, -0.05) is 92.6 Å². The number of imide groups is 1. The molecule has 4 aromatic rings. The Hall–Kier alpha value is -5.63. The fourth-order valence-corrected chi connectivity index (χ4v) is 10.6. The Morgan fingerprint density at radius 2 is 1.68 bits per heavy atom. The average molecular weight is 973 g/mol. The Balaban J connectivity index is 0.767. The van der Waals surface area contributed by atoms with Crippen molar-refractivity contribution in [2.75, 3.05) is 42.2 Å². The minimum absolute atomic E-state index is 0.0126. The molecule has 0 radical (unpaired) electrons. The van der Waals surface area contributed by atoms with Crippen LogP contribution in [0.25, 0.3) is 10.8 Å². The molecule has 2 aromatic carbocycles. The van der Waals surface area contributed by atoms with Crippen molar-refractivity contribution in [3.63, 3.8) is 0 Å². The number of hydrogen-bond acceptors (Lipinski definition) is 14. The van der Waals surface area contributed by atoms with Crippen molar-refractivity contribution in [2.24, 2.45) is 16.9 Å². The number of nitrogens with one attached hydrogen (secondary N) is 3. The first-order chi connectivity index (χ1) is 32.7. The van der Waals surface area contributed by atoms with Crippen LogP contribution in [0.1, 0.15) is 121 Å². The van der Waals surface area contributed by atoms with E-state index in [1.807, 2.05) is 6.92 Å². The molecule has 364 valence electrons. The summed E-state index contributed by atoms with van der Waals surface area (Å²) in [6.45, 7) is 4.74. The van der Waals surface area contributed by atoms with Crippen molar-refractivity contribution in [1.29, 1.82) is 0 Å². The lowest BCUT2D eigenvalue weighted by atomic mass is 9.73. The molecule has 0 bridgehead atoms. The first kappa shape index (κ1) is 50.3. The monoisotopic (exact) mass is 971 g/mol. The molecule has 5 heterocycles. The molecule has 2 aromatic heterocycles. The highest BCUT2D eigenvalue weighted by atomic mass is 35.5. The van der Waals surface area contributed by atoms with Gasteiger partial charge in [0, 0.05) is 60.6 Å². The Morgan fingerprint density at radius 1 is 0.971 bits per heavy atom. The maximum atomic E-state index is 13.4. The number of halogens is 1. The number of carbonyl (C=O) groups excluding carboxylic acids is 5. The molecule has 2 unspecified atom stereocenters. The van der Waals surface area contributed by atoms with Gasteiger partial charge in [-0.2, -0.15) is 5.10 Å². The molecular formula is C48H62ClN11O7S. The van der Waals surface area contributed by atoms with Gasteiger partial charge in [-0.3, -0.25) is 34.1 Å². The summed E-state index contributed by atoms with van der Waals surface area (Å²) in [4.78, 5) is 88.0. The van der Waals surface area contributed by atoms with Crippen LogP contribution in [-0.4, -0.2) is 87.7 Å². The molecule has 3 aliphatic heterocycles. The Kier molecular flexibility index (Phi) is 17.1. The number of aromatic nitrogens is 4. The molecule has 68 heavy (non-hydrogen) atoms. The number of nitrogens with two attached hydrogens (primary N) is 3. The van der Waals surface area contributed by atoms with Gasteiger partial charge in [-0.05, 0) is 56.7 Å². The summed E-state index contributed by atoms with van der Waals surface area (Å²) in [6.07, 6.45) is 14.0. The van der Waals surface area contributed by atoms with Gasteiger partial charge in [0.05, 0.1) is 47.1 Å². The fraction of sp³-hybridized carbons (Fsp3) is 0.521. The van der Waals surface area contributed by atoms with Gasteiger partial charge in [-0.15, -0.1) is 0 Å². The maximum Gasteiger partial charge on any atom is 0.277 e. The highest BCUT2D eigenvalue weighted by Gasteiger charge is 2.47. The largest absolute Gasteiger partial charge is 0.381 e. The third-order valence-corrected chi connectivity index (χ3v) is 15.1. The predicted molar refractivity (Wildman–Crippen MR) is 261 cm³/mol. The molecule has 5 amide bonds. The summed E-state index contributed by atoms with van der Waals surface area (Å²) in [5.74, 6) is -2.07. The molecule has 0 aliphatic carbocycles. The number of unbranched alkanes of at least 4 members (excludes halogenated alkanes) is 8. The summed E-state index contributed by atoms with van der Waals surface area (Å²) >= 11 is 8.09. The molecule has 20 heteroatoms. The lowest BCUT2D eigenvalue weighted by Crippen LogP contribution is -2.50. The van der Waals surface area contributed by atoms with Gasteiger partial charge < -0.3 is 37.5 Å². The van der Waals surface area contributed by atoms with Crippen LogP contribution in [0.5, 0.6) is 0 Å². The van der Waals surface area contributed by atoms with Gasteiger partial charge >= 0.3 is 0 Å². The molecule has 3 saturated heterocycles. The molecule has 3 aliphatic rings. The number of nitrogen functional groups attached to an aromatic ring is 1. The van der Waals surface area contributed by atoms with E-state index >= 15 is 0 Å². The number of ether oxygens (including phenoxy) is 1. The van der Waals surface area contributed by atoms with E-state index in [4.69, 9.17) is 33.5 Å². The molecule has 4 atom stereocenters. The van der Waals surface area contributed by atoms with Crippen molar-refractivity contribution < 1.29 is 28.7 Å². The number of hydrogen-bond donors (Lipinski definition) is 6. The smallest absolute Gasteiger partial charge is 0.277 e. The third-order valence-electron chi connectivity index (χ3n) is 13.5. The van der Waals surface area contributed by atoms with Gasteiger partial charge in [0.2, 0.25) is 23.6 Å². The highest BCUT2D eigenvalue weighted by Crippen LogP contribution is 2.43. The number of benzene rings is 2. The zero-order valence-electron chi connectivity index (χ0n) is 38.5. The number of rotatable bonds is 21. The number of fused-ring (bicyclic) bond motifs is 1. The Morgan fingerprint density at radius 3 is 2.35 bits per heavy atom. The van der Waals surface area contributed by atoms with E-state index in [9.17, 15) is 28.8 Å². The van der Waals surface area contributed by atoms with E-state index in [1.165, 1.54) is 18.0 Å². The molecular weight excluding hydrogens is 910 g/mol. The zero-order valence-corrected chi connectivity index (χ0v) is 40.0. The number of carbonyl (C=O) groups is 5. The average Bonchev–Trinajstić information content (AvgIpc) is 3.58. The van der Waals surface area contributed by atoms with Crippen molar-refractivity contribution in [1.82, 2.24) is 30.4 Å². The summed E-state index contributed by atoms with van der Waals surface area (Å²) in [5.41, 5.74) is 19.0. The van der Waals surface area contributed by atoms with E-state index in [1.54, 1.807) is 42.6 Å². The van der Waals surface area contributed by atoms with Crippen LogP contribution in [0.4, 0.5) is 17.3 Å². The van der Waals surface area contributed by atoms with E-state index in [2.05, 4.69) is 35.9 Å². The van der Waals surface area contributed by atoms with Gasteiger partial charge in [0.1, 0.15) is 16.9 Å². The summed E-state index contributed by atoms with van der Waals surface area (Å²) < 4.78 is 6.95. The van der Waals surface area contributed by atoms with Gasteiger partial charge in [0.15, 0.2) is 5.82 Å². The summed E-state index contributed by atoms with van der Waals surface area (Å²) in [5, 5.41) is 13.8. The fourth-order valence-electron chi connectivity index (χ4n) is 9.41. The summed E-state index contributed by atoms with van der Waals surface area (Å²) in [6, 6.07) is 9.49. The van der Waals surface area contributed by atoms with Crippen molar-refractivity contribution in [3.05, 3.63) is 69.7 Å². The molecule has 3 fully saturated rings. The number of amides is 5. The van der Waals surface area contributed by atoms with Crippen molar-refractivity contribution in [3.8, 4) is 0 Å². The second kappa shape index (κ2) is 23.1. The second-order valence-electron chi connectivity index (χ2n) is 18.2. The number of nitrogens with zero attached hydrogens (tertiary/aromatic N) is 5. The van der Waals surface area contributed by atoms with E-state index in [0.717, 1.165) is 82.0 Å². The molecule has 1 spiro atoms. The minimum Gasteiger partial charge on any atom is -0.381 e. The lowest BCUT2D eigenvalue weighted by Gasteiger charge is -2.41. The van der Waals surface area contributed by atoms with Crippen LogP contribution >= 0.6 is 23.4 Å². The predicted octanol–water partition coefficient (Wildman–Crippen LogP) is 5.50. The topological polar surface area (TPSA) is 273 Å². The van der Waals surface area contributed by atoms with Crippen molar-refractivity contribution in [2.45, 2.75) is 137 Å². The van der Waals surface area contributed by atoms with Crippen LogP contribution < -0.4 is 43.6 Å². The minimum atomic E-state index is -0.928. The van der Waals surface area contributed by atoms with Crippen LogP contribution in [0, 0.1) is 5.41 Å². The quantitative estimate of drug-likeness (QED) is 0.0445. The van der Waals surface area contributed by atoms with Gasteiger partial charge in [0.25, 0.3) is 11.5 Å². The third kappa shape index (κ3) is 12.1. The lowest BCUT2D eigenvalue weighted by molar-refractivity contribution is -0.136. The van der Waals surface area contributed by atoms with E-state index in [-0.39, 0.29) is 65.7 Å². The normalized spacial score (nSPS) is 19.5. The first-order valence-corrected chi connectivity index (χ1v) is 24.8. The standard InChI is InChI=1S/C48H62ClN11O7S/c1-29-42(50)48(28-67-29)20-23-59(24-21-48)36-27-54-46(43(51)57-36)68-35-16-12-14-31(41(35)49)32(44(52)64)25-39(63)53-22-10-8-6-4-2-3-5-7-9-17-37(61)56-33-15-11-13-30-26-55-60(47(66)40(30)33)34-18-19-38(62)58-45(34)65/h11-16,26-27,29,32,34,42H,2-10,17-25,28,50H2,1H3,(H2,51,57)(H2,52,64)(H,53,63)(H,56,61)(H,58,62,65)/t29-,32?,34?,42+/m0/s1. The maximum absolute atomic E-state index is 13.4. The van der Waals surface area contributed by atoms with Gasteiger partial charge in [-0.25, -0.2) is 14.6 Å². The second-order valence-corrected chi connectivity index (χ2v) is 19.6. The number of primary amides is 1. The molecule has 0 saturated carbocycles.